The third kappa shape index (κ3) is 4.02. The number of nitrogens with two attached hydrogens (primary N) is 1. The van der Waals surface area contributed by atoms with Gasteiger partial charge in [-0.25, -0.2) is 0 Å². The van der Waals surface area contributed by atoms with Crippen molar-refractivity contribution in [2.24, 2.45) is 23.7 Å². The van der Waals surface area contributed by atoms with E-state index in [1.807, 2.05) is 36.8 Å². The highest BCUT2D eigenvalue weighted by atomic mass is 16.2. The summed E-state index contributed by atoms with van der Waals surface area (Å²) >= 11 is 0. The summed E-state index contributed by atoms with van der Waals surface area (Å²) in [6, 6.07) is 0.455. The lowest BCUT2D eigenvalue weighted by atomic mass is 9.94. The zero-order valence-corrected chi connectivity index (χ0v) is 16.2. The predicted molar refractivity (Wildman–Crippen MR) is 103 cm³/mol. The number of nitrogens with one attached hydrogen (secondary N) is 1. The van der Waals surface area contributed by atoms with E-state index in [0.717, 1.165) is 11.3 Å². The Morgan fingerprint density at radius 2 is 2.00 bits per heavy atom. The Morgan fingerprint density at radius 1 is 1.31 bits per heavy atom. The Hall–Kier alpha value is -2.05. The van der Waals surface area contributed by atoms with Crippen molar-refractivity contribution >= 4 is 11.9 Å². The molecule has 7 nitrogen and oxygen atoms in total. The number of hydrogen-bond donors (Lipinski definition) is 2. The molecule has 2 atom stereocenters. The molecule has 2 heterocycles. The molecule has 0 radical (unpaired) electrons. The average Bonchev–Trinajstić information content (AvgIpc) is 2.94. The van der Waals surface area contributed by atoms with Crippen molar-refractivity contribution in [2.45, 2.75) is 64.0 Å². The number of carbonyl (C=O) groups is 1. The van der Waals surface area contributed by atoms with E-state index >= 15 is 0 Å². The topological polar surface area (TPSA) is 88.5 Å². The van der Waals surface area contributed by atoms with Crippen LogP contribution in [0.15, 0.2) is 11.2 Å². The van der Waals surface area contributed by atoms with Crippen LogP contribution in [0.25, 0.3) is 0 Å². The molecule has 144 valence electrons. The minimum absolute atomic E-state index is 0.0191. The minimum atomic E-state index is 0.0191. The highest BCUT2D eigenvalue weighted by Crippen LogP contribution is 2.38. The number of hydrogen-bond acceptors (Lipinski definition) is 3. The van der Waals surface area contributed by atoms with Crippen molar-refractivity contribution in [3.05, 3.63) is 17.5 Å². The highest BCUT2D eigenvalue weighted by molar-refractivity contribution is 5.80. The van der Waals surface area contributed by atoms with E-state index in [-0.39, 0.29) is 17.9 Å². The second-order valence-electron chi connectivity index (χ2n) is 7.78. The van der Waals surface area contributed by atoms with Gasteiger partial charge in [0.15, 0.2) is 5.96 Å². The Balaban J connectivity index is 1.66. The zero-order chi connectivity index (χ0) is 18.7. The fraction of sp³-hybridized carbons (Fsp3) is 0.737. The van der Waals surface area contributed by atoms with Crippen molar-refractivity contribution in [2.75, 3.05) is 13.6 Å². The van der Waals surface area contributed by atoms with E-state index in [2.05, 4.69) is 15.4 Å². The van der Waals surface area contributed by atoms with Crippen LogP contribution in [0.1, 0.15) is 62.2 Å². The minimum Gasteiger partial charge on any atom is -0.370 e. The molecule has 0 unspecified atom stereocenters. The molecule has 26 heavy (non-hydrogen) atoms. The monoisotopic (exact) mass is 360 g/mol. The third-order valence-corrected chi connectivity index (χ3v) is 5.99. The van der Waals surface area contributed by atoms with Gasteiger partial charge in [0.2, 0.25) is 5.91 Å². The lowest BCUT2D eigenvalue weighted by Crippen LogP contribution is -2.40. The van der Waals surface area contributed by atoms with E-state index < -0.39 is 0 Å². The van der Waals surface area contributed by atoms with Gasteiger partial charge in [-0.05, 0) is 19.8 Å². The van der Waals surface area contributed by atoms with Gasteiger partial charge in [0, 0.05) is 50.3 Å². The van der Waals surface area contributed by atoms with Crippen LogP contribution in [0.3, 0.4) is 0 Å². The maximum absolute atomic E-state index is 12.3. The molecule has 0 spiro atoms. The summed E-state index contributed by atoms with van der Waals surface area (Å²) in [5.74, 6) is 0.805. The largest absolute Gasteiger partial charge is 0.370 e. The van der Waals surface area contributed by atoms with Crippen LogP contribution in [0, 0.1) is 12.8 Å². The number of nitrogens with zero attached hydrogens (tertiary/aromatic N) is 4. The Morgan fingerprint density at radius 3 is 2.62 bits per heavy atom. The lowest BCUT2D eigenvalue weighted by Gasteiger charge is -2.24. The molecule has 3 N–H and O–H groups in total. The number of aryl methyl sites for hydroxylation is 1. The standard InChI is InChI=1S/C19H32N6O/c1-13-16(12-22-25(13)3)18-14(10-17(26)24(18)2)11-21-19(20)23-15-8-6-4-5-7-9-15/h12,14-15,18H,4-11H2,1-3H3,(H3,20,21,23)/t14-,18+/m0/s1. The number of amides is 1. The number of likely N-dealkylation sites (tertiary alicyclic amines) is 1. The van der Waals surface area contributed by atoms with Crippen LogP contribution in [0.2, 0.25) is 0 Å². The molecule has 1 saturated carbocycles. The maximum Gasteiger partial charge on any atom is 0.223 e. The summed E-state index contributed by atoms with van der Waals surface area (Å²) in [4.78, 5) is 18.7. The molecule has 2 aliphatic rings. The van der Waals surface area contributed by atoms with Gasteiger partial charge in [-0.15, -0.1) is 0 Å². The van der Waals surface area contributed by atoms with Crippen LogP contribution >= 0.6 is 0 Å². The predicted octanol–water partition coefficient (Wildman–Crippen LogP) is 1.88. The van der Waals surface area contributed by atoms with Gasteiger partial charge in [-0.3, -0.25) is 14.5 Å². The molecule has 0 aromatic carbocycles. The Bertz CT molecular complexity index is 659. The van der Waals surface area contributed by atoms with E-state index in [1.165, 1.54) is 38.5 Å². The van der Waals surface area contributed by atoms with Crippen LogP contribution in [-0.2, 0) is 11.8 Å². The van der Waals surface area contributed by atoms with Gasteiger partial charge in [-0.2, -0.15) is 5.10 Å². The first kappa shape index (κ1) is 18.7. The van der Waals surface area contributed by atoms with Gasteiger partial charge < -0.3 is 16.0 Å². The lowest BCUT2D eigenvalue weighted by molar-refractivity contribution is -0.127. The number of guanidine groups is 1. The van der Waals surface area contributed by atoms with Gasteiger partial charge in [0.1, 0.15) is 0 Å². The first-order valence-corrected chi connectivity index (χ1v) is 9.78. The molecule has 1 saturated heterocycles. The summed E-state index contributed by atoms with van der Waals surface area (Å²) in [7, 11) is 3.80. The summed E-state index contributed by atoms with van der Waals surface area (Å²) in [6.07, 6.45) is 9.87. The molecule has 1 aliphatic carbocycles. The summed E-state index contributed by atoms with van der Waals surface area (Å²) in [5, 5.41) is 7.73. The van der Waals surface area contributed by atoms with Crippen LogP contribution in [0.4, 0.5) is 0 Å². The SMILES string of the molecule is Cc1c([C@H]2[C@H](CN=C(N)NC3CCCCCC3)CC(=O)N2C)cnn1C. The zero-order valence-electron chi connectivity index (χ0n) is 16.2. The summed E-state index contributed by atoms with van der Waals surface area (Å²) < 4.78 is 1.86. The van der Waals surface area contributed by atoms with Crippen LogP contribution < -0.4 is 11.1 Å². The number of aliphatic imine (C=N–C) groups is 1. The third-order valence-electron chi connectivity index (χ3n) is 5.99. The van der Waals surface area contributed by atoms with Crippen molar-refractivity contribution < 1.29 is 4.79 Å². The fourth-order valence-electron chi connectivity index (χ4n) is 4.28. The molecule has 1 amide bonds. The Labute approximate surface area is 156 Å². The second kappa shape index (κ2) is 8.10. The van der Waals surface area contributed by atoms with Gasteiger partial charge in [0.05, 0.1) is 12.2 Å². The molecular formula is C19H32N6O. The summed E-state index contributed by atoms with van der Waals surface area (Å²) in [5.41, 5.74) is 8.35. The number of aromatic nitrogens is 2. The molecule has 1 aromatic heterocycles. The van der Waals surface area contributed by atoms with E-state index in [9.17, 15) is 4.79 Å². The molecule has 3 rings (SSSR count). The van der Waals surface area contributed by atoms with Crippen molar-refractivity contribution in [3.8, 4) is 0 Å². The highest BCUT2D eigenvalue weighted by Gasteiger charge is 2.39. The maximum atomic E-state index is 12.3. The smallest absolute Gasteiger partial charge is 0.223 e. The first-order valence-electron chi connectivity index (χ1n) is 9.78. The molecule has 2 fully saturated rings. The van der Waals surface area contributed by atoms with Gasteiger partial charge in [-0.1, -0.05) is 25.7 Å². The van der Waals surface area contributed by atoms with Crippen molar-refractivity contribution in [3.63, 3.8) is 0 Å². The molecule has 1 aliphatic heterocycles. The van der Waals surface area contributed by atoms with Crippen molar-refractivity contribution in [1.82, 2.24) is 20.0 Å². The van der Waals surface area contributed by atoms with Gasteiger partial charge in [0.25, 0.3) is 0 Å². The fourth-order valence-corrected chi connectivity index (χ4v) is 4.28. The average molecular weight is 361 g/mol. The first-order chi connectivity index (χ1) is 12.5. The normalized spacial score (nSPS) is 25.6. The van der Waals surface area contributed by atoms with Gasteiger partial charge >= 0.3 is 0 Å². The van der Waals surface area contributed by atoms with Crippen molar-refractivity contribution in [1.29, 1.82) is 0 Å². The summed E-state index contributed by atoms with van der Waals surface area (Å²) in [6.45, 7) is 2.60. The quantitative estimate of drug-likeness (QED) is 0.487. The van der Waals surface area contributed by atoms with Crippen LogP contribution in [-0.4, -0.2) is 46.2 Å². The van der Waals surface area contributed by atoms with E-state index in [0.29, 0.717) is 25.0 Å². The molecule has 0 bridgehead atoms. The number of carbonyl (C=O) groups excluding carboxylic acids is 1. The molecule has 1 aromatic rings. The molecule has 7 heteroatoms. The van der Waals surface area contributed by atoms with Crippen LogP contribution in [0.5, 0.6) is 0 Å². The second-order valence-corrected chi connectivity index (χ2v) is 7.78. The van der Waals surface area contributed by atoms with E-state index in [4.69, 9.17) is 5.73 Å². The molecular weight excluding hydrogens is 328 g/mol. The Kier molecular flexibility index (Phi) is 5.84. The van der Waals surface area contributed by atoms with E-state index in [1.54, 1.807) is 0 Å². The number of rotatable bonds is 4.